The van der Waals surface area contributed by atoms with Gasteiger partial charge in [-0.3, -0.25) is 4.40 Å². The van der Waals surface area contributed by atoms with E-state index >= 15 is 0 Å². The third-order valence-electron chi connectivity index (χ3n) is 1.37. The van der Waals surface area contributed by atoms with Gasteiger partial charge in [0.05, 0.1) is 6.61 Å². The van der Waals surface area contributed by atoms with Crippen LogP contribution in [0.5, 0.6) is 0 Å². The molecular formula is C6H6N2OS. The molecule has 0 aliphatic heterocycles. The molecule has 0 aliphatic carbocycles. The molecule has 0 spiro atoms. The lowest BCUT2D eigenvalue weighted by Gasteiger charge is -1.83. The van der Waals surface area contributed by atoms with Crippen molar-refractivity contribution in [2.24, 2.45) is 0 Å². The SMILES string of the molecule is OCc1ncn2ccsc12. The fraction of sp³-hybridized carbons (Fsp3) is 0.167. The average Bonchev–Trinajstić information content (AvgIpc) is 2.44. The Hall–Kier alpha value is -0.870. The second-order valence-electron chi connectivity index (χ2n) is 1.96. The van der Waals surface area contributed by atoms with Gasteiger partial charge in [0.15, 0.2) is 0 Å². The summed E-state index contributed by atoms with van der Waals surface area (Å²) in [5, 5.41) is 10.7. The van der Waals surface area contributed by atoms with Crippen LogP contribution >= 0.6 is 11.3 Å². The molecule has 0 bridgehead atoms. The zero-order valence-corrected chi connectivity index (χ0v) is 6.01. The maximum absolute atomic E-state index is 8.77. The minimum absolute atomic E-state index is 0.0248. The minimum Gasteiger partial charge on any atom is -0.390 e. The van der Waals surface area contributed by atoms with Gasteiger partial charge in [-0.1, -0.05) is 0 Å². The highest BCUT2D eigenvalue weighted by molar-refractivity contribution is 7.15. The molecule has 0 radical (unpaired) electrons. The van der Waals surface area contributed by atoms with Crippen molar-refractivity contribution in [2.75, 3.05) is 0 Å². The topological polar surface area (TPSA) is 37.5 Å². The summed E-state index contributed by atoms with van der Waals surface area (Å²) in [4.78, 5) is 5.03. The standard InChI is InChI=1S/C6H6N2OS/c9-3-5-6-8(4-7-5)1-2-10-6/h1-2,4,9H,3H2. The normalized spacial score (nSPS) is 10.9. The summed E-state index contributed by atoms with van der Waals surface area (Å²) < 4.78 is 1.90. The molecule has 0 aromatic carbocycles. The van der Waals surface area contributed by atoms with Gasteiger partial charge in [-0.25, -0.2) is 4.98 Å². The van der Waals surface area contributed by atoms with Crippen LogP contribution in [0.2, 0.25) is 0 Å². The van der Waals surface area contributed by atoms with Crippen molar-refractivity contribution in [1.82, 2.24) is 9.38 Å². The number of imidazole rings is 1. The highest BCUT2D eigenvalue weighted by atomic mass is 32.1. The predicted molar refractivity (Wildman–Crippen MR) is 39.0 cm³/mol. The monoisotopic (exact) mass is 154 g/mol. The van der Waals surface area contributed by atoms with Crippen LogP contribution in [0.15, 0.2) is 17.9 Å². The van der Waals surface area contributed by atoms with Gasteiger partial charge < -0.3 is 5.11 Å². The van der Waals surface area contributed by atoms with Crippen LogP contribution in [0, 0.1) is 0 Å². The number of thiazole rings is 1. The summed E-state index contributed by atoms with van der Waals surface area (Å²) in [7, 11) is 0. The molecule has 2 aromatic rings. The summed E-state index contributed by atoms with van der Waals surface area (Å²) in [6.07, 6.45) is 3.63. The number of aliphatic hydroxyl groups is 1. The Bertz CT molecular complexity index is 338. The quantitative estimate of drug-likeness (QED) is 0.662. The van der Waals surface area contributed by atoms with Crippen molar-refractivity contribution in [3.05, 3.63) is 23.6 Å². The molecule has 2 heterocycles. The summed E-state index contributed by atoms with van der Waals surface area (Å²) in [6.45, 7) is 0.0248. The van der Waals surface area contributed by atoms with Crippen molar-refractivity contribution in [3.8, 4) is 0 Å². The van der Waals surface area contributed by atoms with Crippen LogP contribution in [-0.2, 0) is 6.61 Å². The van der Waals surface area contributed by atoms with Gasteiger partial charge in [0.2, 0.25) is 0 Å². The highest BCUT2D eigenvalue weighted by Gasteiger charge is 2.01. The zero-order chi connectivity index (χ0) is 6.97. The van der Waals surface area contributed by atoms with E-state index in [-0.39, 0.29) is 6.61 Å². The Morgan fingerprint density at radius 2 is 2.60 bits per heavy atom. The number of hydrogen-bond acceptors (Lipinski definition) is 3. The number of fused-ring (bicyclic) bond motifs is 1. The second kappa shape index (κ2) is 2.07. The molecular weight excluding hydrogens is 148 g/mol. The van der Waals surface area contributed by atoms with Gasteiger partial charge in [0.1, 0.15) is 16.9 Å². The van der Waals surface area contributed by atoms with Crippen molar-refractivity contribution in [2.45, 2.75) is 6.61 Å². The van der Waals surface area contributed by atoms with E-state index in [9.17, 15) is 0 Å². The Morgan fingerprint density at radius 3 is 3.40 bits per heavy atom. The van der Waals surface area contributed by atoms with E-state index in [1.807, 2.05) is 16.0 Å². The Kier molecular flexibility index (Phi) is 1.22. The summed E-state index contributed by atoms with van der Waals surface area (Å²) in [6, 6.07) is 0. The second-order valence-corrected chi connectivity index (χ2v) is 2.86. The van der Waals surface area contributed by atoms with Gasteiger partial charge in [-0.05, 0) is 0 Å². The number of aromatic nitrogens is 2. The lowest BCUT2D eigenvalue weighted by Crippen LogP contribution is -1.79. The van der Waals surface area contributed by atoms with E-state index < -0.39 is 0 Å². The smallest absolute Gasteiger partial charge is 0.125 e. The van der Waals surface area contributed by atoms with Crippen LogP contribution < -0.4 is 0 Å². The lowest BCUT2D eigenvalue weighted by molar-refractivity contribution is 0.279. The van der Waals surface area contributed by atoms with E-state index in [0.29, 0.717) is 0 Å². The molecule has 1 N–H and O–H groups in total. The van der Waals surface area contributed by atoms with E-state index in [2.05, 4.69) is 4.98 Å². The van der Waals surface area contributed by atoms with Crippen molar-refractivity contribution < 1.29 is 5.11 Å². The largest absolute Gasteiger partial charge is 0.390 e. The van der Waals surface area contributed by atoms with Crippen molar-refractivity contribution in [1.29, 1.82) is 0 Å². The van der Waals surface area contributed by atoms with E-state index in [4.69, 9.17) is 5.11 Å². The fourth-order valence-corrected chi connectivity index (χ4v) is 1.70. The molecule has 52 valence electrons. The zero-order valence-electron chi connectivity index (χ0n) is 5.19. The maximum atomic E-state index is 8.77. The molecule has 4 heteroatoms. The fourth-order valence-electron chi connectivity index (χ4n) is 0.893. The summed E-state index contributed by atoms with van der Waals surface area (Å²) in [5.41, 5.74) is 0.759. The van der Waals surface area contributed by atoms with E-state index in [1.54, 1.807) is 17.7 Å². The van der Waals surface area contributed by atoms with Gasteiger partial charge in [0, 0.05) is 11.6 Å². The van der Waals surface area contributed by atoms with Gasteiger partial charge in [-0.15, -0.1) is 11.3 Å². The van der Waals surface area contributed by atoms with Crippen LogP contribution in [0.3, 0.4) is 0 Å². The van der Waals surface area contributed by atoms with Gasteiger partial charge >= 0.3 is 0 Å². The molecule has 10 heavy (non-hydrogen) atoms. The molecule has 0 saturated heterocycles. The number of nitrogens with zero attached hydrogens (tertiary/aromatic N) is 2. The Labute approximate surface area is 61.6 Å². The van der Waals surface area contributed by atoms with Crippen LogP contribution in [0.1, 0.15) is 5.69 Å². The van der Waals surface area contributed by atoms with Crippen molar-refractivity contribution >= 4 is 16.2 Å². The predicted octanol–water partition coefficient (Wildman–Crippen LogP) is 0.888. The summed E-state index contributed by atoms with van der Waals surface area (Å²) in [5.74, 6) is 0. The molecule has 0 aliphatic rings. The molecule has 0 amide bonds. The lowest BCUT2D eigenvalue weighted by atomic mass is 10.5. The first-order valence-electron chi connectivity index (χ1n) is 2.91. The molecule has 0 atom stereocenters. The van der Waals surface area contributed by atoms with Crippen LogP contribution in [0.25, 0.3) is 4.83 Å². The average molecular weight is 154 g/mol. The third kappa shape index (κ3) is 0.661. The third-order valence-corrected chi connectivity index (χ3v) is 2.30. The number of aliphatic hydroxyl groups excluding tert-OH is 1. The van der Waals surface area contributed by atoms with E-state index in [0.717, 1.165) is 10.5 Å². The van der Waals surface area contributed by atoms with Crippen LogP contribution in [-0.4, -0.2) is 14.5 Å². The molecule has 2 aromatic heterocycles. The first kappa shape index (κ1) is 5.88. The molecule has 0 saturated carbocycles. The Morgan fingerprint density at radius 1 is 1.70 bits per heavy atom. The molecule has 3 nitrogen and oxygen atoms in total. The molecule has 2 rings (SSSR count). The first-order valence-corrected chi connectivity index (χ1v) is 3.79. The summed E-state index contributed by atoms with van der Waals surface area (Å²) >= 11 is 1.59. The van der Waals surface area contributed by atoms with Gasteiger partial charge in [-0.2, -0.15) is 0 Å². The van der Waals surface area contributed by atoms with E-state index in [1.165, 1.54) is 0 Å². The molecule has 0 fully saturated rings. The molecule has 0 unspecified atom stereocenters. The maximum Gasteiger partial charge on any atom is 0.125 e. The Balaban J connectivity index is 2.76. The highest BCUT2D eigenvalue weighted by Crippen LogP contribution is 2.15. The minimum atomic E-state index is 0.0248. The number of rotatable bonds is 1. The van der Waals surface area contributed by atoms with Gasteiger partial charge in [0.25, 0.3) is 0 Å². The first-order chi connectivity index (χ1) is 4.92. The van der Waals surface area contributed by atoms with Crippen molar-refractivity contribution in [3.63, 3.8) is 0 Å². The number of hydrogen-bond donors (Lipinski definition) is 1. The van der Waals surface area contributed by atoms with Crippen LogP contribution in [0.4, 0.5) is 0 Å².